The minimum atomic E-state index is -0.866. The number of para-hydroxylation sites is 2. The van der Waals surface area contributed by atoms with Crippen LogP contribution in [0, 0.1) is 0 Å². The number of benzene rings is 2. The van der Waals surface area contributed by atoms with E-state index in [0.717, 1.165) is 4.90 Å². The fraction of sp³-hybridized carbons (Fsp3) is 0.227. The van der Waals surface area contributed by atoms with Crippen LogP contribution in [-0.4, -0.2) is 38.2 Å². The summed E-state index contributed by atoms with van der Waals surface area (Å²) in [5.41, 5.74) is 0.312. The van der Waals surface area contributed by atoms with Crippen LogP contribution in [0.5, 0.6) is 17.2 Å². The largest absolute Gasteiger partial charge is 0.493 e. The lowest BCUT2D eigenvalue weighted by molar-refractivity contribution is -0.122. The van der Waals surface area contributed by atoms with Crippen molar-refractivity contribution >= 4 is 41.2 Å². The zero-order chi connectivity index (χ0) is 22.5. The number of methoxy groups -OCH3 is 1. The molecule has 0 aromatic heterocycles. The van der Waals surface area contributed by atoms with Crippen LogP contribution in [0.1, 0.15) is 19.4 Å². The smallest absolute Gasteiger partial charge is 0.336 e. The molecule has 31 heavy (non-hydrogen) atoms. The number of barbiturate groups is 1. The number of hydrogen-bond donors (Lipinski definition) is 1. The average molecular weight is 445 g/mol. The molecule has 3 rings (SSSR count). The molecule has 1 saturated heterocycles. The summed E-state index contributed by atoms with van der Waals surface area (Å²) in [4.78, 5) is 39.0. The molecule has 1 N–H and O–H groups in total. The first-order chi connectivity index (χ1) is 14.9. The summed E-state index contributed by atoms with van der Waals surface area (Å²) in [5.74, 6) is -0.479. The summed E-state index contributed by atoms with van der Waals surface area (Å²) in [6.45, 7) is 4.35. The van der Waals surface area contributed by atoms with Gasteiger partial charge in [-0.3, -0.25) is 14.9 Å². The van der Waals surface area contributed by atoms with E-state index in [1.807, 2.05) is 6.92 Å². The lowest BCUT2D eigenvalue weighted by atomic mass is 10.1. The van der Waals surface area contributed by atoms with Crippen molar-refractivity contribution in [1.29, 1.82) is 0 Å². The van der Waals surface area contributed by atoms with Gasteiger partial charge in [0.05, 0.1) is 31.0 Å². The first-order valence-corrected chi connectivity index (χ1v) is 9.92. The number of hydrogen-bond acceptors (Lipinski definition) is 6. The number of ether oxygens (including phenoxy) is 3. The lowest BCUT2D eigenvalue weighted by Gasteiger charge is -2.27. The Balaban J connectivity index is 2.06. The Morgan fingerprint density at radius 3 is 2.35 bits per heavy atom. The number of carbonyl (C=O) groups is 3. The van der Waals surface area contributed by atoms with Crippen LogP contribution in [0.25, 0.3) is 6.08 Å². The highest BCUT2D eigenvalue weighted by Crippen LogP contribution is 2.36. The highest BCUT2D eigenvalue weighted by Gasteiger charge is 2.38. The fourth-order valence-corrected chi connectivity index (χ4v) is 3.25. The van der Waals surface area contributed by atoms with Gasteiger partial charge in [-0.15, -0.1) is 0 Å². The van der Waals surface area contributed by atoms with Crippen LogP contribution in [0.15, 0.2) is 42.0 Å². The number of urea groups is 1. The zero-order valence-corrected chi connectivity index (χ0v) is 18.0. The van der Waals surface area contributed by atoms with Crippen LogP contribution in [0.4, 0.5) is 10.5 Å². The number of rotatable bonds is 7. The van der Waals surface area contributed by atoms with Gasteiger partial charge in [0, 0.05) is 6.07 Å². The van der Waals surface area contributed by atoms with Gasteiger partial charge in [-0.2, -0.15) is 0 Å². The second kappa shape index (κ2) is 9.53. The van der Waals surface area contributed by atoms with E-state index in [9.17, 15) is 14.4 Å². The Morgan fingerprint density at radius 1 is 1.00 bits per heavy atom. The molecule has 0 atom stereocenters. The van der Waals surface area contributed by atoms with Crippen molar-refractivity contribution in [1.82, 2.24) is 5.32 Å². The number of amides is 4. The molecule has 2 aromatic rings. The van der Waals surface area contributed by atoms with Crippen molar-refractivity contribution in [2.45, 2.75) is 13.8 Å². The number of carbonyl (C=O) groups excluding carboxylic acids is 3. The standard InChI is InChI=1S/C22H21ClN2O6/c1-4-30-17-9-7-6-8-16(17)25-21(27)14(20(26)24-22(25)28)10-13-11-18(29-3)19(31-5-2)12-15(13)23/h6-12H,4-5H2,1-3H3,(H,24,26,28)/b14-10+. The molecular formula is C22H21ClN2O6. The van der Waals surface area contributed by atoms with E-state index in [-0.39, 0.29) is 16.3 Å². The molecule has 1 aliphatic heterocycles. The molecular weight excluding hydrogens is 424 g/mol. The quantitative estimate of drug-likeness (QED) is 0.515. The molecule has 0 saturated carbocycles. The fourth-order valence-electron chi connectivity index (χ4n) is 3.04. The van der Waals surface area contributed by atoms with Crippen LogP contribution in [0.2, 0.25) is 5.02 Å². The normalized spacial score (nSPS) is 15.2. The van der Waals surface area contributed by atoms with Crippen molar-refractivity contribution in [2.75, 3.05) is 25.2 Å². The maximum Gasteiger partial charge on any atom is 0.336 e. The molecule has 9 heteroatoms. The second-order valence-electron chi connectivity index (χ2n) is 6.32. The maximum absolute atomic E-state index is 13.2. The monoisotopic (exact) mass is 444 g/mol. The van der Waals surface area contributed by atoms with E-state index in [1.54, 1.807) is 37.3 Å². The molecule has 4 amide bonds. The summed E-state index contributed by atoms with van der Waals surface area (Å²) in [7, 11) is 1.46. The average Bonchev–Trinajstić information content (AvgIpc) is 2.74. The van der Waals surface area contributed by atoms with E-state index < -0.39 is 17.8 Å². The van der Waals surface area contributed by atoms with E-state index in [1.165, 1.54) is 19.3 Å². The van der Waals surface area contributed by atoms with Gasteiger partial charge in [0.15, 0.2) is 11.5 Å². The van der Waals surface area contributed by atoms with Gasteiger partial charge >= 0.3 is 6.03 Å². The molecule has 0 radical (unpaired) electrons. The molecule has 0 unspecified atom stereocenters. The molecule has 2 aromatic carbocycles. The Morgan fingerprint density at radius 2 is 1.68 bits per heavy atom. The predicted octanol–water partition coefficient (Wildman–Crippen LogP) is 3.81. The topological polar surface area (TPSA) is 94.2 Å². The number of nitrogens with zero attached hydrogens (tertiary/aromatic N) is 1. The van der Waals surface area contributed by atoms with Crippen molar-refractivity contribution in [2.24, 2.45) is 0 Å². The Hall–Kier alpha value is -3.52. The molecule has 162 valence electrons. The number of imide groups is 2. The van der Waals surface area contributed by atoms with Gasteiger partial charge < -0.3 is 14.2 Å². The summed E-state index contributed by atoms with van der Waals surface area (Å²) in [6, 6.07) is 8.79. The summed E-state index contributed by atoms with van der Waals surface area (Å²) < 4.78 is 16.3. The first-order valence-electron chi connectivity index (χ1n) is 9.54. The number of nitrogens with one attached hydrogen (secondary N) is 1. The molecule has 0 bridgehead atoms. The van der Waals surface area contributed by atoms with Crippen LogP contribution < -0.4 is 24.4 Å². The molecule has 1 heterocycles. The van der Waals surface area contributed by atoms with Crippen molar-refractivity contribution in [3.05, 3.63) is 52.6 Å². The third-order valence-electron chi connectivity index (χ3n) is 4.39. The molecule has 0 spiro atoms. The Bertz CT molecular complexity index is 1070. The van der Waals surface area contributed by atoms with E-state index in [0.29, 0.717) is 36.0 Å². The van der Waals surface area contributed by atoms with Gasteiger partial charge in [-0.1, -0.05) is 23.7 Å². The molecule has 1 aliphatic rings. The minimum Gasteiger partial charge on any atom is -0.493 e. The number of halogens is 1. The lowest BCUT2D eigenvalue weighted by Crippen LogP contribution is -2.54. The maximum atomic E-state index is 13.2. The van der Waals surface area contributed by atoms with Gasteiger partial charge in [-0.05, 0) is 43.7 Å². The predicted molar refractivity (Wildman–Crippen MR) is 116 cm³/mol. The van der Waals surface area contributed by atoms with Crippen LogP contribution >= 0.6 is 11.6 Å². The van der Waals surface area contributed by atoms with Gasteiger partial charge in [0.25, 0.3) is 11.8 Å². The van der Waals surface area contributed by atoms with Crippen LogP contribution in [-0.2, 0) is 9.59 Å². The van der Waals surface area contributed by atoms with Gasteiger partial charge in [0.2, 0.25) is 0 Å². The molecule has 1 fully saturated rings. The Kier molecular flexibility index (Phi) is 6.81. The van der Waals surface area contributed by atoms with E-state index in [2.05, 4.69) is 5.32 Å². The minimum absolute atomic E-state index is 0.223. The highest BCUT2D eigenvalue weighted by molar-refractivity contribution is 6.40. The summed E-state index contributed by atoms with van der Waals surface area (Å²) in [5, 5.41) is 2.43. The molecule has 0 aliphatic carbocycles. The van der Waals surface area contributed by atoms with Crippen LogP contribution in [0.3, 0.4) is 0 Å². The second-order valence-corrected chi connectivity index (χ2v) is 6.72. The van der Waals surface area contributed by atoms with Gasteiger partial charge in [0.1, 0.15) is 11.3 Å². The summed E-state index contributed by atoms with van der Waals surface area (Å²) in [6.07, 6.45) is 1.31. The first kappa shape index (κ1) is 22.2. The van der Waals surface area contributed by atoms with Crippen molar-refractivity contribution in [3.8, 4) is 17.2 Å². The third kappa shape index (κ3) is 4.49. The van der Waals surface area contributed by atoms with Crippen molar-refractivity contribution < 1.29 is 28.6 Å². The molecule has 8 nitrogen and oxygen atoms in total. The van der Waals surface area contributed by atoms with E-state index >= 15 is 0 Å². The summed E-state index contributed by atoms with van der Waals surface area (Å²) >= 11 is 6.33. The highest BCUT2D eigenvalue weighted by atomic mass is 35.5. The van der Waals surface area contributed by atoms with E-state index in [4.69, 9.17) is 25.8 Å². The SMILES string of the molecule is CCOc1cc(Cl)c(/C=C2\C(=O)NC(=O)N(c3ccccc3OCC)C2=O)cc1OC. The van der Waals surface area contributed by atoms with Gasteiger partial charge in [-0.25, -0.2) is 9.69 Å². The van der Waals surface area contributed by atoms with Crippen molar-refractivity contribution in [3.63, 3.8) is 0 Å². The zero-order valence-electron chi connectivity index (χ0n) is 17.2. The third-order valence-corrected chi connectivity index (χ3v) is 4.72. The Labute approximate surface area is 184 Å². The number of anilines is 1.